The van der Waals surface area contributed by atoms with Crippen LogP contribution in [0.3, 0.4) is 0 Å². The van der Waals surface area contributed by atoms with Gasteiger partial charge in [0, 0.05) is 24.5 Å². The second kappa shape index (κ2) is 11.7. The maximum Gasteiger partial charge on any atom is 0.191 e. The molecule has 4 heterocycles. The van der Waals surface area contributed by atoms with Gasteiger partial charge in [0.05, 0.1) is 18.8 Å². The Bertz CT molecular complexity index is 762. The first-order valence-electron chi connectivity index (χ1n) is 11.9. The minimum Gasteiger partial charge on any atom is -0.468 e. The second-order valence-corrected chi connectivity index (χ2v) is 9.71. The summed E-state index contributed by atoms with van der Waals surface area (Å²) in [6.45, 7) is 10.5. The van der Waals surface area contributed by atoms with Crippen molar-refractivity contribution in [3.8, 4) is 0 Å². The van der Waals surface area contributed by atoms with Gasteiger partial charge in [-0.2, -0.15) is 0 Å². The van der Waals surface area contributed by atoms with E-state index in [0.717, 1.165) is 51.0 Å². The van der Waals surface area contributed by atoms with Gasteiger partial charge in [-0.25, -0.2) is 0 Å². The van der Waals surface area contributed by atoms with Crippen molar-refractivity contribution in [3.05, 3.63) is 46.5 Å². The van der Waals surface area contributed by atoms with E-state index >= 15 is 0 Å². The Morgan fingerprint density at radius 3 is 2.68 bits per heavy atom. The van der Waals surface area contributed by atoms with Gasteiger partial charge in [-0.15, -0.1) is 11.3 Å². The molecule has 170 valence electrons. The summed E-state index contributed by atoms with van der Waals surface area (Å²) >= 11 is 1.86. The summed E-state index contributed by atoms with van der Waals surface area (Å²) in [6, 6.07) is 8.70. The Labute approximate surface area is 190 Å². The van der Waals surface area contributed by atoms with E-state index in [1.807, 2.05) is 17.4 Å². The summed E-state index contributed by atoms with van der Waals surface area (Å²) in [6.07, 6.45) is 6.81. The molecule has 0 radical (unpaired) electrons. The number of nitrogens with zero attached hydrogens (tertiary/aromatic N) is 3. The van der Waals surface area contributed by atoms with E-state index < -0.39 is 0 Å². The number of likely N-dealkylation sites (tertiary alicyclic amines) is 2. The highest BCUT2D eigenvalue weighted by molar-refractivity contribution is 7.09. The first-order chi connectivity index (χ1) is 15.3. The van der Waals surface area contributed by atoms with Gasteiger partial charge in [-0.05, 0) is 88.3 Å². The van der Waals surface area contributed by atoms with Crippen LogP contribution in [-0.2, 0) is 6.54 Å². The van der Waals surface area contributed by atoms with Crippen LogP contribution in [0, 0.1) is 5.92 Å². The van der Waals surface area contributed by atoms with Crippen molar-refractivity contribution in [3.63, 3.8) is 0 Å². The molecular formula is C24H37N5OS. The minimum absolute atomic E-state index is 0.230. The molecule has 2 saturated heterocycles. The largest absolute Gasteiger partial charge is 0.468 e. The number of guanidine groups is 1. The van der Waals surface area contributed by atoms with E-state index in [0.29, 0.717) is 5.92 Å². The van der Waals surface area contributed by atoms with Crippen LogP contribution in [-0.4, -0.2) is 61.6 Å². The number of thiophene rings is 1. The molecule has 0 saturated carbocycles. The standard InChI is InChI=1S/C24H37N5OS/c1-2-25-24(27-18-22(23-8-5-15-30-23)29-11-3-4-12-29)26-17-20-9-13-28(14-10-20)19-21-7-6-16-31-21/h5-8,15-16,20,22H,2-4,9-14,17-19H2,1H3,(H2,25,26,27). The molecule has 31 heavy (non-hydrogen) atoms. The van der Waals surface area contributed by atoms with Crippen LogP contribution in [0.4, 0.5) is 0 Å². The van der Waals surface area contributed by atoms with Gasteiger partial charge in [0.1, 0.15) is 5.76 Å². The lowest BCUT2D eigenvalue weighted by atomic mass is 9.97. The molecule has 0 bridgehead atoms. The topological polar surface area (TPSA) is 56.0 Å². The normalized spacial score (nSPS) is 20.2. The number of furan rings is 1. The predicted octanol–water partition coefficient (Wildman–Crippen LogP) is 3.95. The smallest absolute Gasteiger partial charge is 0.191 e. The molecular weight excluding hydrogens is 406 g/mol. The molecule has 6 nitrogen and oxygen atoms in total. The summed E-state index contributed by atoms with van der Waals surface area (Å²) in [5, 5.41) is 9.22. The molecule has 2 aromatic rings. The minimum atomic E-state index is 0.230. The highest BCUT2D eigenvalue weighted by Gasteiger charge is 2.25. The summed E-state index contributed by atoms with van der Waals surface area (Å²) in [4.78, 5) is 11.5. The average Bonchev–Trinajstić information content (AvgIpc) is 3.57. The zero-order valence-corrected chi connectivity index (χ0v) is 19.6. The van der Waals surface area contributed by atoms with Crippen molar-refractivity contribution < 1.29 is 4.42 Å². The lowest BCUT2D eigenvalue weighted by Crippen LogP contribution is -2.43. The molecule has 2 aliphatic heterocycles. The van der Waals surface area contributed by atoms with Gasteiger partial charge in [-0.3, -0.25) is 14.8 Å². The predicted molar refractivity (Wildman–Crippen MR) is 129 cm³/mol. The molecule has 2 aromatic heterocycles. The van der Waals surface area contributed by atoms with Crippen molar-refractivity contribution in [2.75, 3.05) is 45.8 Å². The highest BCUT2D eigenvalue weighted by atomic mass is 32.1. The van der Waals surface area contributed by atoms with Crippen LogP contribution in [0.1, 0.15) is 49.3 Å². The molecule has 2 fully saturated rings. The Morgan fingerprint density at radius 2 is 2.00 bits per heavy atom. The highest BCUT2D eigenvalue weighted by Crippen LogP contribution is 2.26. The quantitative estimate of drug-likeness (QED) is 0.454. The third-order valence-corrected chi connectivity index (χ3v) is 7.31. The van der Waals surface area contributed by atoms with Crippen LogP contribution >= 0.6 is 11.3 Å². The van der Waals surface area contributed by atoms with E-state index in [2.05, 4.69) is 50.9 Å². The zero-order chi connectivity index (χ0) is 21.3. The monoisotopic (exact) mass is 443 g/mol. The Kier molecular flexibility index (Phi) is 8.44. The van der Waals surface area contributed by atoms with Crippen LogP contribution in [0.25, 0.3) is 0 Å². The van der Waals surface area contributed by atoms with Crippen molar-refractivity contribution in [1.82, 2.24) is 20.4 Å². The van der Waals surface area contributed by atoms with E-state index in [-0.39, 0.29) is 6.04 Å². The second-order valence-electron chi connectivity index (χ2n) is 8.67. The maximum atomic E-state index is 5.75. The molecule has 4 rings (SSSR count). The van der Waals surface area contributed by atoms with E-state index in [4.69, 9.17) is 9.41 Å². The molecule has 0 aliphatic carbocycles. The third-order valence-electron chi connectivity index (χ3n) is 6.44. The van der Waals surface area contributed by atoms with E-state index in [1.165, 1.54) is 43.6 Å². The van der Waals surface area contributed by atoms with Crippen LogP contribution in [0.15, 0.2) is 45.3 Å². The van der Waals surface area contributed by atoms with Crippen molar-refractivity contribution in [2.24, 2.45) is 10.9 Å². The summed E-state index contributed by atoms with van der Waals surface area (Å²) in [5.41, 5.74) is 0. The lowest BCUT2D eigenvalue weighted by Gasteiger charge is -2.32. The van der Waals surface area contributed by atoms with Crippen LogP contribution in [0.2, 0.25) is 0 Å². The number of hydrogen-bond acceptors (Lipinski definition) is 5. The van der Waals surface area contributed by atoms with Crippen LogP contribution in [0.5, 0.6) is 0 Å². The number of nitrogens with one attached hydrogen (secondary N) is 2. The lowest BCUT2D eigenvalue weighted by molar-refractivity contribution is 0.179. The van der Waals surface area contributed by atoms with Gasteiger partial charge in [-0.1, -0.05) is 6.07 Å². The molecule has 2 N–H and O–H groups in total. The number of hydrogen-bond donors (Lipinski definition) is 2. The average molecular weight is 444 g/mol. The van der Waals surface area contributed by atoms with Gasteiger partial charge < -0.3 is 15.1 Å². The molecule has 0 amide bonds. The summed E-state index contributed by atoms with van der Waals surface area (Å²) in [7, 11) is 0. The third kappa shape index (κ3) is 6.57. The maximum absolute atomic E-state index is 5.75. The van der Waals surface area contributed by atoms with Gasteiger partial charge in [0.25, 0.3) is 0 Å². The van der Waals surface area contributed by atoms with Crippen LogP contribution < -0.4 is 10.6 Å². The molecule has 1 unspecified atom stereocenters. The number of aliphatic imine (C=N–C) groups is 1. The van der Waals surface area contributed by atoms with Gasteiger partial charge >= 0.3 is 0 Å². The molecule has 0 aromatic carbocycles. The Hall–Kier alpha value is -1.83. The fraction of sp³-hybridized carbons (Fsp3) is 0.625. The first-order valence-corrected chi connectivity index (χ1v) is 12.7. The first kappa shape index (κ1) is 22.4. The van der Waals surface area contributed by atoms with Crippen molar-refractivity contribution in [1.29, 1.82) is 0 Å². The molecule has 2 aliphatic rings. The van der Waals surface area contributed by atoms with E-state index in [1.54, 1.807) is 6.26 Å². The van der Waals surface area contributed by atoms with Gasteiger partial charge in [0.15, 0.2) is 5.96 Å². The zero-order valence-electron chi connectivity index (χ0n) is 18.8. The SMILES string of the molecule is CCNC(=NCC(c1ccco1)N1CCCC1)NCC1CCN(Cc2cccs2)CC1. The number of rotatable bonds is 9. The summed E-state index contributed by atoms with van der Waals surface area (Å²) in [5.74, 6) is 2.67. The Morgan fingerprint density at radius 1 is 1.16 bits per heavy atom. The van der Waals surface area contributed by atoms with E-state index in [9.17, 15) is 0 Å². The Balaban J connectivity index is 1.27. The van der Waals surface area contributed by atoms with Gasteiger partial charge in [0.2, 0.25) is 0 Å². The molecule has 0 spiro atoms. The van der Waals surface area contributed by atoms with Crippen molar-refractivity contribution in [2.45, 2.75) is 45.2 Å². The summed E-state index contributed by atoms with van der Waals surface area (Å²) < 4.78 is 5.75. The fourth-order valence-electron chi connectivity index (χ4n) is 4.65. The number of piperidine rings is 1. The van der Waals surface area contributed by atoms with Crippen molar-refractivity contribution >= 4 is 17.3 Å². The molecule has 1 atom stereocenters. The fourth-order valence-corrected chi connectivity index (χ4v) is 5.40. The molecule has 7 heteroatoms.